The van der Waals surface area contributed by atoms with Gasteiger partial charge >= 0.3 is 0 Å². The third-order valence-corrected chi connectivity index (χ3v) is 6.10. The minimum Gasteiger partial charge on any atom is -0.369 e. The van der Waals surface area contributed by atoms with E-state index in [0.717, 1.165) is 11.8 Å². The van der Waals surface area contributed by atoms with Gasteiger partial charge < -0.3 is 10.6 Å². The Balaban J connectivity index is 1.56. The molecule has 1 saturated heterocycles. The molecule has 0 radical (unpaired) electrons. The Morgan fingerprint density at radius 2 is 1.63 bits per heavy atom. The van der Waals surface area contributed by atoms with Crippen LogP contribution in [0.15, 0.2) is 0 Å². The SMILES string of the molecule is NC(=O)[C@H]1CC(=O)N(C2C3CC4CC(C3)CC2C4)C1. The van der Waals surface area contributed by atoms with Crippen molar-refractivity contribution in [3.05, 3.63) is 0 Å². The molecule has 19 heavy (non-hydrogen) atoms. The highest BCUT2D eigenvalue weighted by Crippen LogP contribution is 2.55. The van der Waals surface area contributed by atoms with Crippen molar-refractivity contribution in [2.24, 2.45) is 35.3 Å². The second kappa shape index (κ2) is 3.97. The van der Waals surface area contributed by atoms with Gasteiger partial charge in [0.15, 0.2) is 0 Å². The van der Waals surface area contributed by atoms with Crippen LogP contribution in [0, 0.1) is 29.6 Å². The van der Waals surface area contributed by atoms with Crippen molar-refractivity contribution in [3.8, 4) is 0 Å². The molecule has 5 rings (SSSR count). The quantitative estimate of drug-likeness (QED) is 0.811. The van der Waals surface area contributed by atoms with Crippen molar-refractivity contribution in [1.29, 1.82) is 0 Å². The predicted molar refractivity (Wildman–Crippen MR) is 69.8 cm³/mol. The lowest BCUT2D eigenvalue weighted by Crippen LogP contribution is -2.56. The second-order valence-electron chi connectivity index (χ2n) is 7.27. The summed E-state index contributed by atoms with van der Waals surface area (Å²) in [6, 6.07) is 0.421. The molecule has 5 aliphatic rings. The van der Waals surface area contributed by atoms with Crippen molar-refractivity contribution >= 4 is 11.8 Å². The van der Waals surface area contributed by atoms with Gasteiger partial charge in [0, 0.05) is 19.0 Å². The number of likely N-dealkylation sites (tertiary alicyclic amines) is 1. The summed E-state index contributed by atoms with van der Waals surface area (Å²) >= 11 is 0. The molecule has 2 amide bonds. The van der Waals surface area contributed by atoms with Gasteiger partial charge in [0.25, 0.3) is 0 Å². The van der Waals surface area contributed by atoms with Gasteiger partial charge in [-0.05, 0) is 55.8 Å². The Bertz CT molecular complexity index is 406. The molecule has 0 unspecified atom stereocenters. The molecule has 2 N–H and O–H groups in total. The maximum absolute atomic E-state index is 12.2. The van der Waals surface area contributed by atoms with Crippen LogP contribution in [0.1, 0.15) is 38.5 Å². The molecule has 0 aromatic heterocycles. The number of carbonyl (C=O) groups is 2. The first-order valence-electron chi connectivity index (χ1n) is 7.70. The molecule has 4 nitrogen and oxygen atoms in total. The molecule has 0 aromatic rings. The van der Waals surface area contributed by atoms with E-state index in [4.69, 9.17) is 5.73 Å². The number of nitrogens with zero attached hydrogens (tertiary/aromatic N) is 1. The number of primary amides is 1. The number of hydrogen-bond donors (Lipinski definition) is 1. The molecule has 4 heteroatoms. The monoisotopic (exact) mass is 262 g/mol. The third kappa shape index (κ3) is 1.72. The average Bonchev–Trinajstić information content (AvgIpc) is 2.70. The molecule has 0 spiro atoms. The van der Waals surface area contributed by atoms with Crippen molar-refractivity contribution in [2.45, 2.75) is 44.6 Å². The van der Waals surface area contributed by atoms with E-state index in [2.05, 4.69) is 0 Å². The Morgan fingerprint density at radius 3 is 2.11 bits per heavy atom. The summed E-state index contributed by atoms with van der Waals surface area (Å²) in [5, 5.41) is 0. The molecule has 1 atom stereocenters. The van der Waals surface area contributed by atoms with Gasteiger partial charge in [0.05, 0.1) is 5.92 Å². The van der Waals surface area contributed by atoms with Crippen LogP contribution in [0.3, 0.4) is 0 Å². The molecule has 1 aliphatic heterocycles. The zero-order valence-electron chi connectivity index (χ0n) is 11.3. The molecule has 0 aromatic carbocycles. The van der Waals surface area contributed by atoms with Gasteiger partial charge in [-0.15, -0.1) is 0 Å². The maximum Gasteiger partial charge on any atom is 0.223 e. The lowest BCUT2D eigenvalue weighted by molar-refractivity contribution is -0.138. The van der Waals surface area contributed by atoms with Crippen LogP contribution in [0.4, 0.5) is 0 Å². The smallest absolute Gasteiger partial charge is 0.223 e. The molecule has 4 saturated carbocycles. The van der Waals surface area contributed by atoms with Gasteiger partial charge in [-0.2, -0.15) is 0 Å². The lowest BCUT2D eigenvalue weighted by atomic mass is 9.54. The summed E-state index contributed by atoms with van der Waals surface area (Å²) in [6.07, 6.45) is 7.01. The summed E-state index contributed by atoms with van der Waals surface area (Å²) in [4.78, 5) is 25.6. The van der Waals surface area contributed by atoms with Gasteiger partial charge in [-0.1, -0.05) is 0 Å². The van der Waals surface area contributed by atoms with Crippen molar-refractivity contribution in [2.75, 3.05) is 6.54 Å². The van der Waals surface area contributed by atoms with E-state index in [1.807, 2.05) is 4.90 Å². The van der Waals surface area contributed by atoms with Crippen LogP contribution >= 0.6 is 0 Å². The molecule has 1 heterocycles. The predicted octanol–water partition coefficient (Wildman–Crippen LogP) is 1.14. The largest absolute Gasteiger partial charge is 0.369 e. The van der Waals surface area contributed by atoms with Crippen LogP contribution < -0.4 is 5.73 Å². The topological polar surface area (TPSA) is 63.4 Å². The maximum atomic E-state index is 12.2. The molecule has 104 valence electrons. The van der Waals surface area contributed by atoms with E-state index in [0.29, 0.717) is 30.8 Å². The Kier molecular flexibility index (Phi) is 2.45. The van der Waals surface area contributed by atoms with E-state index < -0.39 is 0 Å². The standard InChI is InChI=1S/C15H22N2O2/c16-15(19)12-6-13(18)17(7-12)14-10-2-8-1-9(4-10)5-11(14)3-8/h8-12,14H,1-7H2,(H2,16,19)/t8?,9?,10?,11?,12-,14?/m0/s1. The first kappa shape index (κ1) is 11.7. The van der Waals surface area contributed by atoms with Gasteiger partial charge in [-0.25, -0.2) is 0 Å². The molecule has 5 fully saturated rings. The van der Waals surface area contributed by atoms with E-state index >= 15 is 0 Å². The molecular weight excluding hydrogens is 240 g/mol. The Labute approximate surface area is 113 Å². The average molecular weight is 262 g/mol. The summed E-state index contributed by atoms with van der Waals surface area (Å²) in [5.41, 5.74) is 5.38. The zero-order valence-corrected chi connectivity index (χ0v) is 11.3. The fourth-order valence-corrected chi connectivity index (χ4v) is 5.62. The fraction of sp³-hybridized carbons (Fsp3) is 0.867. The van der Waals surface area contributed by atoms with Crippen molar-refractivity contribution in [1.82, 2.24) is 4.90 Å². The highest BCUT2D eigenvalue weighted by Gasteiger charge is 2.52. The Hall–Kier alpha value is -1.06. The van der Waals surface area contributed by atoms with Crippen LogP contribution in [0.5, 0.6) is 0 Å². The molecule has 4 bridgehead atoms. The highest BCUT2D eigenvalue weighted by atomic mass is 16.2. The Morgan fingerprint density at radius 1 is 1.05 bits per heavy atom. The first-order valence-corrected chi connectivity index (χ1v) is 7.70. The minimum atomic E-state index is -0.306. The summed E-state index contributed by atoms with van der Waals surface area (Å²) in [5.74, 6) is 2.86. The van der Waals surface area contributed by atoms with Gasteiger partial charge in [-0.3, -0.25) is 9.59 Å². The number of nitrogens with two attached hydrogens (primary N) is 1. The lowest BCUT2D eigenvalue weighted by Gasteiger charge is -2.56. The normalized spacial score (nSPS) is 48.0. The fourth-order valence-electron chi connectivity index (χ4n) is 5.62. The summed E-state index contributed by atoms with van der Waals surface area (Å²) in [6.45, 7) is 0.584. The van der Waals surface area contributed by atoms with E-state index in [1.54, 1.807) is 0 Å². The summed E-state index contributed by atoms with van der Waals surface area (Å²) < 4.78 is 0. The number of carbonyl (C=O) groups excluding carboxylic acids is 2. The van der Waals surface area contributed by atoms with Gasteiger partial charge in [0.1, 0.15) is 0 Å². The number of hydrogen-bond acceptors (Lipinski definition) is 2. The van der Waals surface area contributed by atoms with Crippen LogP contribution in [-0.2, 0) is 9.59 Å². The zero-order chi connectivity index (χ0) is 13.1. The van der Waals surface area contributed by atoms with Crippen LogP contribution in [0.2, 0.25) is 0 Å². The van der Waals surface area contributed by atoms with Crippen molar-refractivity contribution < 1.29 is 9.59 Å². The van der Waals surface area contributed by atoms with Crippen molar-refractivity contribution in [3.63, 3.8) is 0 Å². The summed E-state index contributed by atoms with van der Waals surface area (Å²) in [7, 11) is 0. The van der Waals surface area contributed by atoms with E-state index in [9.17, 15) is 9.59 Å². The van der Waals surface area contributed by atoms with Gasteiger partial charge in [0.2, 0.25) is 11.8 Å². The van der Waals surface area contributed by atoms with E-state index in [1.165, 1.54) is 32.1 Å². The van der Waals surface area contributed by atoms with Crippen LogP contribution in [-0.4, -0.2) is 29.3 Å². The third-order valence-electron chi connectivity index (χ3n) is 6.10. The number of rotatable bonds is 2. The first-order chi connectivity index (χ1) is 9.11. The molecular formula is C15H22N2O2. The highest BCUT2D eigenvalue weighted by molar-refractivity contribution is 5.88. The number of amides is 2. The van der Waals surface area contributed by atoms with E-state index in [-0.39, 0.29) is 17.7 Å². The van der Waals surface area contributed by atoms with Crippen LogP contribution in [0.25, 0.3) is 0 Å². The minimum absolute atomic E-state index is 0.168. The molecule has 4 aliphatic carbocycles. The second-order valence-corrected chi connectivity index (χ2v) is 7.27.